The third kappa shape index (κ3) is 4.08. The highest BCUT2D eigenvalue weighted by atomic mass is 16.5. The minimum absolute atomic E-state index is 0.0787. The molecular weight excluding hydrogens is 338 g/mol. The van der Waals surface area contributed by atoms with Gasteiger partial charge in [-0.2, -0.15) is 0 Å². The zero-order valence-corrected chi connectivity index (χ0v) is 16.0. The quantitative estimate of drug-likeness (QED) is 0.777. The number of nitrogens with one attached hydrogen (secondary N) is 2. The monoisotopic (exact) mass is 367 g/mol. The molecule has 2 aliphatic carbocycles. The van der Waals surface area contributed by atoms with Gasteiger partial charge in [-0.3, -0.25) is 4.79 Å². The van der Waals surface area contributed by atoms with Crippen LogP contribution in [0.4, 0.5) is 0 Å². The number of hydrogen-bond donors (Lipinski definition) is 2. The average Bonchev–Trinajstić information content (AvgIpc) is 2.89. The molecule has 4 rings (SSSR count). The van der Waals surface area contributed by atoms with Crippen LogP contribution in [0, 0.1) is 6.92 Å². The molecule has 2 aromatic rings. The molecule has 0 aliphatic heterocycles. The van der Waals surface area contributed by atoms with Crippen molar-refractivity contribution < 1.29 is 9.32 Å². The molecule has 1 heterocycles. The van der Waals surface area contributed by atoms with Gasteiger partial charge in [-0.25, -0.2) is 0 Å². The van der Waals surface area contributed by atoms with Crippen LogP contribution in [0.1, 0.15) is 67.5 Å². The second-order valence-corrected chi connectivity index (χ2v) is 7.95. The molecule has 0 unspecified atom stereocenters. The number of carbonyl (C=O) groups excluding carboxylic acids is 1. The van der Waals surface area contributed by atoms with Crippen LogP contribution >= 0.6 is 0 Å². The van der Waals surface area contributed by atoms with Gasteiger partial charge in [-0.1, -0.05) is 61.2 Å². The SMILES string of the molecule is Cc1onc(-c2ccccc2)c1C(=O)N[C@@H]1CC[C@@H]1NC1CCCCCC1. The molecule has 5 nitrogen and oxygen atoms in total. The average molecular weight is 367 g/mol. The largest absolute Gasteiger partial charge is 0.360 e. The van der Waals surface area contributed by atoms with Crippen LogP contribution in [0.5, 0.6) is 0 Å². The van der Waals surface area contributed by atoms with Crippen molar-refractivity contribution in [1.29, 1.82) is 0 Å². The van der Waals surface area contributed by atoms with Gasteiger partial charge in [0, 0.05) is 23.7 Å². The molecule has 1 aromatic carbocycles. The minimum Gasteiger partial charge on any atom is -0.360 e. The molecule has 2 aliphatic rings. The first-order valence-electron chi connectivity index (χ1n) is 10.3. The Kier molecular flexibility index (Phi) is 5.58. The summed E-state index contributed by atoms with van der Waals surface area (Å²) in [7, 11) is 0. The lowest BCUT2D eigenvalue weighted by atomic mass is 9.85. The number of aryl methyl sites for hydroxylation is 1. The van der Waals surface area contributed by atoms with E-state index in [1.165, 1.54) is 38.5 Å². The summed E-state index contributed by atoms with van der Waals surface area (Å²) in [6, 6.07) is 10.9. The van der Waals surface area contributed by atoms with Crippen LogP contribution in [-0.2, 0) is 0 Å². The second kappa shape index (κ2) is 8.26. The van der Waals surface area contributed by atoms with Crippen molar-refractivity contribution in [3.05, 3.63) is 41.7 Å². The maximum atomic E-state index is 13.0. The van der Waals surface area contributed by atoms with E-state index in [1.807, 2.05) is 30.3 Å². The van der Waals surface area contributed by atoms with Crippen molar-refractivity contribution in [1.82, 2.24) is 15.8 Å². The van der Waals surface area contributed by atoms with Gasteiger partial charge >= 0.3 is 0 Å². The lowest BCUT2D eigenvalue weighted by Gasteiger charge is -2.40. The van der Waals surface area contributed by atoms with E-state index in [0.717, 1.165) is 18.4 Å². The zero-order chi connectivity index (χ0) is 18.6. The summed E-state index contributed by atoms with van der Waals surface area (Å²) in [6.07, 6.45) is 10.1. The van der Waals surface area contributed by atoms with Gasteiger partial charge < -0.3 is 15.2 Å². The van der Waals surface area contributed by atoms with Gasteiger partial charge in [0.2, 0.25) is 0 Å². The van der Waals surface area contributed by atoms with Gasteiger partial charge in [-0.05, 0) is 32.6 Å². The minimum atomic E-state index is -0.0787. The molecular formula is C22H29N3O2. The lowest BCUT2D eigenvalue weighted by molar-refractivity contribution is 0.0886. The maximum absolute atomic E-state index is 13.0. The number of benzene rings is 1. The van der Waals surface area contributed by atoms with E-state index in [4.69, 9.17) is 4.52 Å². The predicted molar refractivity (Wildman–Crippen MR) is 106 cm³/mol. The van der Waals surface area contributed by atoms with E-state index in [0.29, 0.717) is 29.1 Å². The topological polar surface area (TPSA) is 67.2 Å². The van der Waals surface area contributed by atoms with E-state index in [2.05, 4.69) is 15.8 Å². The predicted octanol–water partition coefficient (Wildman–Crippen LogP) is 4.22. The Morgan fingerprint density at radius 1 is 1.00 bits per heavy atom. The number of nitrogens with zero attached hydrogens (tertiary/aromatic N) is 1. The molecule has 1 amide bonds. The summed E-state index contributed by atoms with van der Waals surface area (Å²) < 4.78 is 5.34. The molecule has 0 radical (unpaired) electrons. The van der Waals surface area contributed by atoms with Gasteiger partial charge in [0.1, 0.15) is 17.0 Å². The highest BCUT2D eigenvalue weighted by Gasteiger charge is 2.35. The normalized spacial score (nSPS) is 23.4. The Morgan fingerprint density at radius 3 is 2.37 bits per heavy atom. The second-order valence-electron chi connectivity index (χ2n) is 7.95. The first-order chi connectivity index (χ1) is 13.2. The molecule has 2 N–H and O–H groups in total. The Hall–Kier alpha value is -2.14. The van der Waals surface area contributed by atoms with Gasteiger partial charge in [-0.15, -0.1) is 0 Å². The van der Waals surface area contributed by atoms with Crippen LogP contribution < -0.4 is 10.6 Å². The Morgan fingerprint density at radius 2 is 1.70 bits per heavy atom. The molecule has 2 saturated carbocycles. The molecule has 144 valence electrons. The Bertz CT molecular complexity index is 763. The fourth-order valence-corrected chi connectivity index (χ4v) is 4.29. The summed E-state index contributed by atoms with van der Waals surface area (Å²) in [6.45, 7) is 1.80. The Balaban J connectivity index is 1.41. The number of aromatic nitrogens is 1. The standard InChI is InChI=1S/C22H29N3O2/c1-15-20(21(25-27-15)16-9-5-4-6-10-16)22(26)24-19-14-13-18(19)23-17-11-7-2-3-8-12-17/h4-6,9-10,17-19,23H,2-3,7-8,11-14H2,1H3,(H,24,26)/t18-,19+/m0/s1. The third-order valence-corrected chi connectivity index (χ3v) is 6.03. The Labute approximate surface area is 160 Å². The van der Waals surface area contributed by atoms with Gasteiger partial charge in [0.05, 0.1) is 0 Å². The van der Waals surface area contributed by atoms with Crippen molar-refractivity contribution >= 4 is 5.91 Å². The highest BCUT2D eigenvalue weighted by molar-refractivity contribution is 6.01. The summed E-state index contributed by atoms with van der Waals surface area (Å²) in [5, 5.41) is 11.2. The first kappa shape index (κ1) is 18.2. The smallest absolute Gasteiger partial charge is 0.257 e. The van der Waals surface area contributed by atoms with Crippen molar-refractivity contribution in [3.63, 3.8) is 0 Å². The van der Waals surface area contributed by atoms with Crippen molar-refractivity contribution in [2.45, 2.75) is 76.4 Å². The van der Waals surface area contributed by atoms with E-state index in [-0.39, 0.29) is 11.9 Å². The number of rotatable bonds is 5. The molecule has 0 spiro atoms. The lowest BCUT2D eigenvalue weighted by Crippen LogP contribution is -2.59. The number of amides is 1. The van der Waals surface area contributed by atoms with Crippen molar-refractivity contribution in [3.8, 4) is 11.3 Å². The van der Waals surface area contributed by atoms with E-state index < -0.39 is 0 Å². The summed E-state index contributed by atoms with van der Waals surface area (Å²) in [5.41, 5.74) is 2.08. The van der Waals surface area contributed by atoms with E-state index >= 15 is 0 Å². The number of hydrogen-bond acceptors (Lipinski definition) is 4. The maximum Gasteiger partial charge on any atom is 0.257 e. The van der Waals surface area contributed by atoms with Gasteiger partial charge in [0.15, 0.2) is 0 Å². The molecule has 1 aromatic heterocycles. The van der Waals surface area contributed by atoms with Crippen molar-refractivity contribution in [2.24, 2.45) is 0 Å². The van der Waals surface area contributed by atoms with Crippen LogP contribution in [0.25, 0.3) is 11.3 Å². The fraction of sp³-hybridized carbons (Fsp3) is 0.545. The fourth-order valence-electron chi connectivity index (χ4n) is 4.29. The van der Waals surface area contributed by atoms with E-state index in [9.17, 15) is 4.79 Å². The molecule has 0 bridgehead atoms. The van der Waals surface area contributed by atoms with Crippen LogP contribution in [0.15, 0.2) is 34.9 Å². The highest BCUT2D eigenvalue weighted by Crippen LogP contribution is 2.28. The molecule has 5 heteroatoms. The van der Waals surface area contributed by atoms with Crippen LogP contribution in [0.2, 0.25) is 0 Å². The number of carbonyl (C=O) groups is 1. The third-order valence-electron chi connectivity index (χ3n) is 6.03. The summed E-state index contributed by atoms with van der Waals surface area (Å²) in [4.78, 5) is 13.0. The van der Waals surface area contributed by atoms with E-state index in [1.54, 1.807) is 6.92 Å². The van der Waals surface area contributed by atoms with Crippen LogP contribution in [-0.4, -0.2) is 29.2 Å². The van der Waals surface area contributed by atoms with Crippen LogP contribution in [0.3, 0.4) is 0 Å². The molecule has 27 heavy (non-hydrogen) atoms. The van der Waals surface area contributed by atoms with Gasteiger partial charge in [0.25, 0.3) is 5.91 Å². The molecule has 0 saturated heterocycles. The summed E-state index contributed by atoms with van der Waals surface area (Å²) in [5.74, 6) is 0.490. The zero-order valence-electron chi connectivity index (χ0n) is 16.0. The summed E-state index contributed by atoms with van der Waals surface area (Å²) >= 11 is 0. The van der Waals surface area contributed by atoms with Crippen molar-refractivity contribution in [2.75, 3.05) is 0 Å². The first-order valence-corrected chi connectivity index (χ1v) is 10.3. The molecule has 2 atom stereocenters. The molecule has 2 fully saturated rings.